The summed E-state index contributed by atoms with van der Waals surface area (Å²) in [6.45, 7) is 7.33. The summed E-state index contributed by atoms with van der Waals surface area (Å²) in [5.74, 6) is 0.982. The van der Waals surface area contributed by atoms with Crippen molar-refractivity contribution in [1.29, 1.82) is 0 Å². The Morgan fingerprint density at radius 2 is 2.11 bits per heavy atom. The molecular weight excluding hydrogens is 276 g/mol. The number of nitrogens with zero attached hydrogens (tertiary/aromatic N) is 2. The lowest BCUT2D eigenvalue weighted by Gasteiger charge is -2.13. The largest absolute Gasteiger partial charge is 0.327 e. The SMILES string of the molecule is CSC(C)CCn1c(C(C)Cl)nc2cc(C)ccc21. The Morgan fingerprint density at radius 3 is 2.74 bits per heavy atom. The summed E-state index contributed by atoms with van der Waals surface area (Å²) in [4.78, 5) is 4.70. The zero-order chi connectivity index (χ0) is 14.0. The number of fused-ring (bicyclic) bond motifs is 1. The first-order chi connectivity index (χ1) is 9.02. The van der Waals surface area contributed by atoms with Crippen molar-refractivity contribution in [3.05, 3.63) is 29.6 Å². The van der Waals surface area contributed by atoms with Crippen molar-refractivity contribution in [1.82, 2.24) is 9.55 Å². The lowest BCUT2D eigenvalue weighted by atomic mass is 10.2. The molecule has 0 aliphatic rings. The molecule has 0 amide bonds. The minimum atomic E-state index is -0.0581. The van der Waals surface area contributed by atoms with Crippen LogP contribution in [0.2, 0.25) is 0 Å². The molecule has 19 heavy (non-hydrogen) atoms. The van der Waals surface area contributed by atoms with Gasteiger partial charge in [0, 0.05) is 11.8 Å². The average molecular weight is 297 g/mol. The summed E-state index contributed by atoms with van der Waals surface area (Å²) in [5.41, 5.74) is 3.49. The number of halogens is 1. The highest BCUT2D eigenvalue weighted by atomic mass is 35.5. The topological polar surface area (TPSA) is 17.8 Å². The molecule has 0 saturated heterocycles. The van der Waals surface area contributed by atoms with Crippen LogP contribution < -0.4 is 0 Å². The summed E-state index contributed by atoms with van der Waals surface area (Å²) in [6, 6.07) is 6.43. The molecule has 1 heterocycles. The van der Waals surface area contributed by atoms with E-state index >= 15 is 0 Å². The number of alkyl halides is 1. The Morgan fingerprint density at radius 1 is 1.37 bits per heavy atom. The molecule has 104 valence electrons. The van der Waals surface area contributed by atoms with Crippen molar-refractivity contribution in [3.63, 3.8) is 0 Å². The van der Waals surface area contributed by atoms with Crippen LogP contribution in [0.4, 0.5) is 0 Å². The number of rotatable bonds is 5. The molecule has 0 aliphatic carbocycles. The lowest BCUT2D eigenvalue weighted by molar-refractivity contribution is 0.623. The van der Waals surface area contributed by atoms with Crippen LogP contribution in [-0.4, -0.2) is 21.1 Å². The Hall–Kier alpha value is -0.670. The molecule has 0 bridgehead atoms. The van der Waals surface area contributed by atoms with Crippen LogP contribution in [0.25, 0.3) is 11.0 Å². The molecule has 2 aromatic rings. The van der Waals surface area contributed by atoms with Crippen molar-refractivity contribution >= 4 is 34.4 Å². The fourth-order valence-corrected chi connectivity index (χ4v) is 2.73. The standard InChI is InChI=1S/C15H21ClN2S/c1-10-5-6-14-13(9-10)17-15(12(3)16)18(14)8-7-11(2)19-4/h5-6,9,11-12H,7-8H2,1-4H3. The van der Waals surface area contributed by atoms with Gasteiger partial charge in [-0.3, -0.25) is 0 Å². The third kappa shape index (κ3) is 3.26. The smallest absolute Gasteiger partial charge is 0.127 e. The number of aromatic nitrogens is 2. The predicted molar refractivity (Wildman–Crippen MR) is 86.3 cm³/mol. The fraction of sp³-hybridized carbons (Fsp3) is 0.533. The van der Waals surface area contributed by atoms with Gasteiger partial charge in [-0.25, -0.2) is 4.98 Å². The second kappa shape index (κ2) is 6.19. The van der Waals surface area contributed by atoms with Gasteiger partial charge in [0.1, 0.15) is 5.82 Å². The van der Waals surface area contributed by atoms with Crippen molar-refractivity contribution in [3.8, 4) is 0 Å². The molecule has 2 unspecified atom stereocenters. The van der Waals surface area contributed by atoms with E-state index in [1.54, 1.807) is 0 Å². The van der Waals surface area contributed by atoms with Gasteiger partial charge in [-0.2, -0.15) is 11.8 Å². The Kier molecular flexibility index (Phi) is 4.80. The number of hydrogen-bond donors (Lipinski definition) is 0. The van der Waals surface area contributed by atoms with Gasteiger partial charge in [0.2, 0.25) is 0 Å². The molecule has 1 aromatic carbocycles. The van der Waals surface area contributed by atoms with Gasteiger partial charge in [0.05, 0.1) is 16.4 Å². The van der Waals surface area contributed by atoms with Crippen LogP contribution in [0.15, 0.2) is 18.2 Å². The molecule has 2 nitrogen and oxygen atoms in total. The second-order valence-corrected chi connectivity index (χ2v) is 7.00. The van der Waals surface area contributed by atoms with Gasteiger partial charge in [-0.15, -0.1) is 11.6 Å². The highest BCUT2D eigenvalue weighted by Crippen LogP contribution is 2.26. The molecule has 0 N–H and O–H groups in total. The first kappa shape index (κ1) is 14.7. The zero-order valence-corrected chi connectivity index (χ0v) is 13.6. The second-order valence-electron chi connectivity index (χ2n) is 5.06. The van der Waals surface area contributed by atoms with Crippen LogP contribution in [0.3, 0.4) is 0 Å². The van der Waals surface area contributed by atoms with E-state index in [1.807, 2.05) is 18.7 Å². The minimum absolute atomic E-state index is 0.0581. The van der Waals surface area contributed by atoms with E-state index in [-0.39, 0.29) is 5.38 Å². The van der Waals surface area contributed by atoms with Crippen LogP contribution in [0.1, 0.15) is 37.0 Å². The van der Waals surface area contributed by atoms with E-state index in [2.05, 4.69) is 42.9 Å². The molecular formula is C15H21ClN2S. The molecule has 0 saturated carbocycles. The molecule has 1 aromatic heterocycles. The van der Waals surface area contributed by atoms with Gasteiger partial charge in [0.25, 0.3) is 0 Å². The van der Waals surface area contributed by atoms with E-state index < -0.39 is 0 Å². The number of thioether (sulfide) groups is 1. The molecule has 2 atom stereocenters. The molecule has 4 heteroatoms. The van der Waals surface area contributed by atoms with Crippen molar-refractivity contribution < 1.29 is 0 Å². The van der Waals surface area contributed by atoms with Gasteiger partial charge in [0.15, 0.2) is 0 Å². The molecule has 2 rings (SSSR count). The van der Waals surface area contributed by atoms with Gasteiger partial charge >= 0.3 is 0 Å². The molecule has 0 spiro atoms. The third-order valence-electron chi connectivity index (χ3n) is 3.45. The van der Waals surface area contributed by atoms with E-state index in [4.69, 9.17) is 16.6 Å². The normalized spacial score (nSPS) is 14.8. The van der Waals surface area contributed by atoms with Crippen LogP contribution in [0.5, 0.6) is 0 Å². The quantitative estimate of drug-likeness (QED) is 0.739. The Balaban J connectivity index is 2.40. The summed E-state index contributed by atoms with van der Waals surface area (Å²) >= 11 is 8.18. The molecule has 0 radical (unpaired) electrons. The third-order valence-corrected chi connectivity index (χ3v) is 4.69. The maximum Gasteiger partial charge on any atom is 0.127 e. The predicted octanol–water partition coefficient (Wildman–Crippen LogP) is 4.79. The van der Waals surface area contributed by atoms with Crippen LogP contribution in [0, 0.1) is 6.92 Å². The van der Waals surface area contributed by atoms with Crippen molar-refractivity contribution in [2.75, 3.05) is 6.26 Å². The van der Waals surface area contributed by atoms with Crippen LogP contribution >= 0.6 is 23.4 Å². The summed E-state index contributed by atoms with van der Waals surface area (Å²) in [6.07, 6.45) is 3.29. The summed E-state index contributed by atoms with van der Waals surface area (Å²) in [5, 5.41) is 0.596. The summed E-state index contributed by atoms with van der Waals surface area (Å²) < 4.78 is 2.28. The highest BCUT2D eigenvalue weighted by Gasteiger charge is 2.15. The van der Waals surface area contributed by atoms with Crippen molar-refractivity contribution in [2.24, 2.45) is 0 Å². The zero-order valence-electron chi connectivity index (χ0n) is 12.0. The summed E-state index contributed by atoms with van der Waals surface area (Å²) in [7, 11) is 0. The van der Waals surface area contributed by atoms with E-state index in [0.717, 1.165) is 24.3 Å². The molecule has 0 aliphatic heterocycles. The van der Waals surface area contributed by atoms with Crippen molar-refractivity contribution in [2.45, 2.75) is 44.4 Å². The highest BCUT2D eigenvalue weighted by molar-refractivity contribution is 7.99. The van der Waals surface area contributed by atoms with Gasteiger partial charge < -0.3 is 4.57 Å². The Bertz CT molecular complexity index is 563. The monoisotopic (exact) mass is 296 g/mol. The number of hydrogen-bond acceptors (Lipinski definition) is 2. The lowest BCUT2D eigenvalue weighted by Crippen LogP contribution is -2.08. The van der Waals surface area contributed by atoms with Crippen LogP contribution in [-0.2, 0) is 6.54 Å². The first-order valence-corrected chi connectivity index (χ1v) is 8.39. The number of benzene rings is 1. The van der Waals surface area contributed by atoms with E-state index in [1.165, 1.54) is 11.1 Å². The number of aryl methyl sites for hydroxylation is 2. The number of imidazole rings is 1. The minimum Gasteiger partial charge on any atom is -0.327 e. The Labute approximate surface area is 124 Å². The maximum atomic E-state index is 6.28. The fourth-order valence-electron chi connectivity index (χ4n) is 2.23. The van der Waals surface area contributed by atoms with Gasteiger partial charge in [-0.1, -0.05) is 13.0 Å². The molecule has 0 fully saturated rings. The van der Waals surface area contributed by atoms with E-state index in [9.17, 15) is 0 Å². The first-order valence-electron chi connectivity index (χ1n) is 6.66. The van der Waals surface area contributed by atoms with E-state index in [0.29, 0.717) is 5.25 Å². The van der Waals surface area contributed by atoms with Gasteiger partial charge in [-0.05, 0) is 44.2 Å². The maximum absolute atomic E-state index is 6.28. The average Bonchev–Trinajstić information content (AvgIpc) is 2.73.